The number of rotatable bonds is 1. The normalized spacial score (nSPS) is 21.3. The Morgan fingerprint density at radius 3 is 2.36 bits per heavy atom. The Balaban J connectivity index is 2.90. The summed E-state index contributed by atoms with van der Waals surface area (Å²) in [4.78, 5) is 21.5. The maximum Gasteiger partial charge on any atom is 0.326 e. The number of carbonyl (C=O) groups excluding carboxylic acids is 2. The number of urea groups is 1. The number of hydrogen-bond acceptors (Lipinski definition) is 2. The number of nitrogens with one attached hydrogen (secondary N) is 2. The first kappa shape index (κ1) is 7.78. The molecule has 0 bridgehead atoms. The number of hydrogen-bond donors (Lipinski definition) is 2. The summed E-state index contributed by atoms with van der Waals surface area (Å²) in [5.41, 5.74) is 1.30. The first-order chi connectivity index (χ1) is 5.15. The Labute approximate surface area is 64.7 Å². The zero-order valence-corrected chi connectivity index (χ0v) is 6.52. The van der Waals surface area contributed by atoms with Crippen molar-refractivity contribution in [1.82, 2.24) is 10.6 Å². The van der Waals surface area contributed by atoms with Gasteiger partial charge in [0.1, 0.15) is 5.70 Å². The quantitative estimate of drug-likeness (QED) is 0.427. The fraction of sp³-hybridized carbons (Fsp3) is 0.429. The lowest BCUT2D eigenvalue weighted by molar-refractivity contribution is -0.115. The summed E-state index contributed by atoms with van der Waals surface area (Å²) in [5.74, 6) is -0.325. The Kier molecular flexibility index (Phi) is 1.94. The number of amides is 3. The van der Waals surface area contributed by atoms with Crippen LogP contribution in [-0.2, 0) is 4.79 Å². The summed E-state index contributed by atoms with van der Waals surface area (Å²) in [7, 11) is 0. The molecule has 4 heteroatoms. The van der Waals surface area contributed by atoms with Crippen LogP contribution in [0.5, 0.6) is 0 Å². The van der Waals surface area contributed by atoms with Gasteiger partial charge in [0.15, 0.2) is 0 Å². The first-order valence-corrected chi connectivity index (χ1v) is 3.47. The highest BCUT2D eigenvalue weighted by atomic mass is 16.2. The van der Waals surface area contributed by atoms with Crippen LogP contribution < -0.4 is 10.6 Å². The van der Waals surface area contributed by atoms with Crippen LogP contribution >= 0.6 is 0 Å². The van der Waals surface area contributed by atoms with Crippen LogP contribution in [0.1, 0.15) is 20.3 Å². The average Bonchev–Trinajstić information content (AvgIpc) is 2.28. The Bertz CT molecular complexity index is 243. The lowest BCUT2D eigenvalue weighted by Gasteiger charge is -1.97. The van der Waals surface area contributed by atoms with Crippen molar-refractivity contribution in [3.8, 4) is 0 Å². The SMILES string of the molecule is CC/C(C)=C1\NC(=O)NC1=O. The molecule has 0 aromatic heterocycles. The van der Waals surface area contributed by atoms with E-state index in [1.54, 1.807) is 0 Å². The first-order valence-electron chi connectivity index (χ1n) is 3.47. The molecule has 0 aromatic rings. The summed E-state index contributed by atoms with van der Waals surface area (Å²) < 4.78 is 0. The van der Waals surface area contributed by atoms with Gasteiger partial charge in [0.05, 0.1) is 0 Å². The molecule has 1 fully saturated rings. The second kappa shape index (κ2) is 2.74. The van der Waals surface area contributed by atoms with E-state index >= 15 is 0 Å². The van der Waals surface area contributed by atoms with Crippen LogP contribution in [0.4, 0.5) is 4.79 Å². The smallest absolute Gasteiger partial charge is 0.303 e. The molecule has 1 aliphatic rings. The van der Waals surface area contributed by atoms with Crippen molar-refractivity contribution >= 4 is 11.9 Å². The van der Waals surface area contributed by atoms with Gasteiger partial charge in [0.25, 0.3) is 5.91 Å². The van der Waals surface area contributed by atoms with Crippen LogP contribution in [-0.4, -0.2) is 11.9 Å². The van der Waals surface area contributed by atoms with Crippen molar-refractivity contribution < 1.29 is 9.59 Å². The third kappa shape index (κ3) is 1.39. The molecule has 0 radical (unpaired) electrons. The molecule has 0 spiro atoms. The van der Waals surface area contributed by atoms with Gasteiger partial charge < -0.3 is 5.32 Å². The minimum atomic E-state index is -0.433. The Morgan fingerprint density at radius 2 is 2.00 bits per heavy atom. The van der Waals surface area contributed by atoms with E-state index in [1.165, 1.54) is 0 Å². The molecule has 1 rings (SSSR count). The lowest BCUT2D eigenvalue weighted by Crippen LogP contribution is -2.22. The van der Waals surface area contributed by atoms with Crippen LogP contribution in [0.25, 0.3) is 0 Å². The van der Waals surface area contributed by atoms with Crippen LogP contribution in [0.15, 0.2) is 11.3 Å². The fourth-order valence-electron chi connectivity index (χ4n) is 0.844. The summed E-state index contributed by atoms with van der Waals surface area (Å²) >= 11 is 0. The van der Waals surface area contributed by atoms with Gasteiger partial charge in [-0.3, -0.25) is 10.1 Å². The van der Waals surface area contributed by atoms with Crippen molar-refractivity contribution in [3.63, 3.8) is 0 Å². The van der Waals surface area contributed by atoms with Gasteiger partial charge in [-0.25, -0.2) is 4.79 Å². The van der Waals surface area contributed by atoms with Gasteiger partial charge in [-0.05, 0) is 18.9 Å². The largest absolute Gasteiger partial charge is 0.326 e. The second-order valence-corrected chi connectivity index (χ2v) is 2.42. The lowest BCUT2D eigenvalue weighted by atomic mass is 10.2. The predicted octanol–water partition coefficient (Wildman–Crippen LogP) is 0.510. The fourth-order valence-corrected chi connectivity index (χ4v) is 0.844. The minimum absolute atomic E-state index is 0.325. The van der Waals surface area contributed by atoms with Crippen molar-refractivity contribution in [3.05, 3.63) is 11.3 Å². The topological polar surface area (TPSA) is 58.2 Å². The third-order valence-electron chi connectivity index (χ3n) is 1.65. The maximum atomic E-state index is 10.9. The summed E-state index contributed by atoms with van der Waals surface area (Å²) in [5, 5.41) is 4.57. The van der Waals surface area contributed by atoms with Gasteiger partial charge in [-0.15, -0.1) is 0 Å². The van der Waals surface area contributed by atoms with Crippen LogP contribution in [0, 0.1) is 0 Å². The van der Waals surface area contributed by atoms with E-state index in [2.05, 4.69) is 10.6 Å². The van der Waals surface area contributed by atoms with Gasteiger partial charge in [-0.1, -0.05) is 6.92 Å². The molecule has 4 nitrogen and oxygen atoms in total. The molecule has 3 amide bonds. The molecule has 0 atom stereocenters. The van der Waals surface area contributed by atoms with Gasteiger partial charge in [-0.2, -0.15) is 0 Å². The van der Waals surface area contributed by atoms with E-state index in [0.717, 1.165) is 12.0 Å². The Hall–Kier alpha value is -1.32. The zero-order valence-electron chi connectivity index (χ0n) is 6.52. The van der Waals surface area contributed by atoms with Crippen molar-refractivity contribution in [2.75, 3.05) is 0 Å². The van der Waals surface area contributed by atoms with E-state index in [-0.39, 0.29) is 5.91 Å². The molecule has 0 aliphatic carbocycles. The van der Waals surface area contributed by atoms with Crippen molar-refractivity contribution in [1.29, 1.82) is 0 Å². The predicted molar refractivity (Wildman–Crippen MR) is 39.7 cm³/mol. The average molecular weight is 154 g/mol. The Morgan fingerprint density at radius 1 is 1.36 bits per heavy atom. The van der Waals surface area contributed by atoms with Gasteiger partial charge >= 0.3 is 6.03 Å². The molecule has 1 heterocycles. The summed E-state index contributed by atoms with van der Waals surface area (Å²) in [6.45, 7) is 3.75. The summed E-state index contributed by atoms with van der Waals surface area (Å²) in [6, 6.07) is -0.433. The van der Waals surface area contributed by atoms with Crippen molar-refractivity contribution in [2.24, 2.45) is 0 Å². The molecule has 2 N–H and O–H groups in total. The second-order valence-electron chi connectivity index (χ2n) is 2.42. The zero-order chi connectivity index (χ0) is 8.43. The van der Waals surface area contributed by atoms with E-state index < -0.39 is 6.03 Å². The van der Waals surface area contributed by atoms with E-state index in [4.69, 9.17) is 0 Å². The molecule has 1 saturated heterocycles. The third-order valence-corrected chi connectivity index (χ3v) is 1.65. The molecule has 0 unspecified atom stereocenters. The van der Waals surface area contributed by atoms with Gasteiger partial charge in [0.2, 0.25) is 0 Å². The molecule has 0 aromatic carbocycles. The number of carbonyl (C=O) groups is 2. The van der Waals surface area contributed by atoms with Crippen LogP contribution in [0.2, 0.25) is 0 Å². The molecule has 1 aliphatic heterocycles. The highest BCUT2D eigenvalue weighted by molar-refractivity contribution is 6.12. The highest BCUT2D eigenvalue weighted by Crippen LogP contribution is 2.08. The van der Waals surface area contributed by atoms with E-state index in [0.29, 0.717) is 5.70 Å². The molecular formula is C7H10N2O2. The monoisotopic (exact) mass is 154 g/mol. The number of allylic oxidation sites excluding steroid dienone is 1. The molecule has 0 saturated carbocycles. The molecular weight excluding hydrogens is 144 g/mol. The van der Waals surface area contributed by atoms with E-state index in [9.17, 15) is 9.59 Å². The maximum absolute atomic E-state index is 10.9. The summed E-state index contributed by atoms with van der Waals surface area (Å²) in [6.07, 6.45) is 0.767. The highest BCUT2D eigenvalue weighted by Gasteiger charge is 2.24. The number of imide groups is 1. The molecule has 11 heavy (non-hydrogen) atoms. The van der Waals surface area contributed by atoms with Gasteiger partial charge in [0, 0.05) is 0 Å². The van der Waals surface area contributed by atoms with E-state index in [1.807, 2.05) is 13.8 Å². The standard InChI is InChI=1S/C7H10N2O2/c1-3-4(2)5-6(10)9-7(11)8-5/h3H2,1-2H3,(H2,8,9,10,11)/b5-4-. The molecule has 60 valence electrons. The minimum Gasteiger partial charge on any atom is -0.303 e. The van der Waals surface area contributed by atoms with Crippen molar-refractivity contribution in [2.45, 2.75) is 20.3 Å². The van der Waals surface area contributed by atoms with Crippen LogP contribution in [0.3, 0.4) is 0 Å².